The fourth-order valence-corrected chi connectivity index (χ4v) is 2.79. The van der Waals surface area contributed by atoms with E-state index in [4.69, 9.17) is 0 Å². The molecular formula is C20H22N4O. The third-order valence-corrected chi connectivity index (χ3v) is 4.11. The molecule has 0 saturated heterocycles. The van der Waals surface area contributed by atoms with Gasteiger partial charge in [-0.2, -0.15) is 5.10 Å². The van der Waals surface area contributed by atoms with Gasteiger partial charge in [0.2, 0.25) is 0 Å². The molecule has 5 heteroatoms. The van der Waals surface area contributed by atoms with E-state index >= 15 is 0 Å². The Hall–Kier alpha value is -2.95. The Kier molecular flexibility index (Phi) is 4.93. The van der Waals surface area contributed by atoms with Crippen LogP contribution in [0.2, 0.25) is 0 Å². The van der Waals surface area contributed by atoms with Crippen LogP contribution in [0.5, 0.6) is 0 Å². The van der Waals surface area contributed by atoms with Crippen LogP contribution in [-0.4, -0.2) is 32.6 Å². The highest BCUT2D eigenvalue weighted by Gasteiger charge is 2.12. The predicted octanol–water partition coefficient (Wildman–Crippen LogP) is 3.22. The highest BCUT2D eigenvalue weighted by molar-refractivity contribution is 5.94. The summed E-state index contributed by atoms with van der Waals surface area (Å²) in [5, 5.41) is 4.47. The summed E-state index contributed by atoms with van der Waals surface area (Å²) in [5.41, 5.74) is 4.82. The number of rotatable bonds is 5. The Morgan fingerprint density at radius 3 is 2.48 bits per heavy atom. The molecule has 0 aliphatic carbocycles. The molecule has 128 valence electrons. The maximum atomic E-state index is 12.6. The molecule has 0 bridgehead atoms. The zero-order valence-corrected chi connectivity index (χ0v) is 14.8. The van der Waals surface area contributed by atoms with Gasteiger partial charge in [-0.25, -0.2) is 0 Å². The minimum absolute atomic E-state index is 0.0108. The molecule has 1 amide bonds. The van der Waals surface area contributed by atoms with E-state index in [1.165, 1.54) is 0 Å². The first-order chi connectivity index (χ1) is 12.0. The lowest BCUT2D eigenvalue weighted by molar-refractivity contribution is 0.0783. The largest absolute Gasteiger partial charge is 0.336 e. The average Bonchev–Trinajstić information content (AvgIpc) is 2.93. The summed E-state index contributed by atoms with van der Waals surface area (Å²) in [6.45, 7) is 5.23. The van der Waals surface area contributed by atoms with E-state index in [1.54, 1.807) is 18.1 Å². The first-order valence-electron chi connectivity index (χ1n) is 8.28. The molecule has 1 aromatic carbocycles. The third kappa shape index (κ3) is 4.12. The first kappa shape index (κ1) is 16.9. The Bertz CT molecular complexity index is 853. The van der Waals surface area contributed by atoms with Crippen LogP contribution in [0.25, 0.3) is 0 Å². The summed E-state index contributed by atoms with van der Waals surface area (Å²) in [7, 11) is 1.79. The van der Waals surface area contributed by atoms with Crippen LogP contribution < -0.4 is 0 Å². The smallest absolute Gasteiger partial charge is 0.253 e. The SMILES string of the molecule is Cc1cc(C)n(Cc2ccc(C(=O)N(C)Cc3ccccn3)cc2)n1. The number of hydrogen-bond donors (Lipinski definition) is 0. The number of aryl methyl sites for hydroxylation is 2. The van der Waals surface area contributed by atoms with E-state index in [-0.39, 0.29) is 5.91 Å². The zero-order valence-electron chi connectivity index (χ0n) is 14.8. The molecule has 0 radical (unpaired) electrons. The maximum absolute atomic E-state index is 12.6. The van der Waals surface area contributed by atoms with Crippen molar-refractivity contribution in [1.82, 2.24) is 19.7 Å². The normalized spacial score (nSPS) is 10.7. The fourth-order valence-electron chi connectivity index (χ4n) is 2.79. The number of aromatic nitrogens is 3. The molecule has 3 aromatic rings. The summed E-state index contributed by atoms with van der Waals surface area (Å²) >= 11 is 0. The van der Waals surface area contributed by atoms with Crippen LogP contribution in [0, 0.1) is 13.8 Å². The number of pyridine rings is 1. The molecule has 2 aromatic heterocycles. The number of nitrogens with zero attached hydrogens (tertiary/aromatic N) is 4. The molecule has 0 aliphatic rings. The Labute approximate surface area is 147 Å². The number of carbonyl (C=O) groups excluding carboxylic acids is 1. The second-order valence-electron chi connectivity index (χ2n) is 6.26. The lowest BCUT2D eigenvalue weighted by Crippen LogP contribution is -2.26. The molecule has 0 fully saturated rings. The summed E-state index contributed by atoms with van der Waals surface area (Å²) < 4.78 is 1.97. The molecular weight excluding hydrogens is 312 g/mol. The van der Waals surface area contributed by atoms with Gasteiger partial charge < -0.3 is 4.90 Å². The van der Waals surface area contributed by atoms with Crippen LogP contribution in [0.4, 0.5) is 0 Å². The fraction of sp³-hybridized carbons (Fsp3) is 0.250. The standard InChI is InChI=1S/C20H22N4O/c1-15-12-16(2)24(22-15)13-17-7-9-18(10-8-17)20(25)23(3)14-19-6-4-5-11-21-19/h4-12H,13-14H2,1-3H3. The number of hydrogen-bond acceptors (Lipinski definition) is 3. The molecule has 0 saturated carbocycles. The van der Waals surface area contributed by atoms with Gasteiger partial charge in [0.1, 0.15) is 0 Å². The van der Waals surface area contributed by atoms with Crippen molar-refractivity contribution in [1.29, 1.82) is 0 Å². The van der Waals surface area contributed by atoms with Crippen molar-refractivity contribution in [2.24, 2.45) is 0 Å². The van der Waals surface area contributed by atoms with Crippen molar-refractivity contribution in [3.05, 3.63) is 82.9 Å². The lowest BCUT2D eigenvalue weighted by Gasteiger charge is -2.17. The Balaban J connectivity index is 1.67. The van der Waals surface area contributed by atoms with Gasteiger partial charge >= 0.3 is 0 Å². The van der Waals surface area contributed by atoms with Crippen LogP contribution in [0.3, 0.4) is 0 Å². The van der Waals surface area contributed by atoms with Crippen LogP contribution in [0.15, 0.2) is 54.7 Å². The van der Waals surface area contributed by atoms with Crippen molar-refractivity contribution >= 4 is 5.91 Å². The minimum atomic E-state index is -0.0108. The van der Waals surface area contributed by atoms with Gasteiger partial charge in [-0.1, -0.05) is 18.2 Å². The summed E-state index contributed by atoms with van der Waals surface area (Å²) in [4.78, 5) is 18.5. The van der Waals surface area contributed by atoms with Crippen molar-refractivity contribution < 1.29 is 4.79 Å². The maximum Gasteiger partial charge on any atom is 0.253 e. The van der Waals surface area contributed by atoms with Crippen molar-refractivity contribution in [2.75, 3.05) is 7.05 Å². The number of carbonyl (C=O) groups is 1. The van der Waals surface area contributed by atoms with E-state index in [1.807, 2.05) is 61.0 Å². The van der Waals surface area contributed by atoms with Crippen LogP contribution in [0.1, 0.15) is 33.0 Å². The van der Waals surface area contributed by atoms with Gasteiger partial charge in [0.05, 0.1) is 24.5 Å². The van der Waals surface area contributed by atoms with Crippen molar-refractivity contribution in [2.45, 2.75) is 26.9 Å². The third-order valence-electron chi connectivity index (χ3n) is 4.11. The van der Waals surface area contributed by atoms with E-state index < -0.39 is 0 Å². The number of amides is 1. The van der Waals surface area contributed by atoms with Crippen molar-refractivity contribution in [3.63, 3.8) is 0 Å². The lowest BCUT2D eigenvalue weighted by atomic mass is 10.1. The van der Waals surface area contributed by atoms with E-state index in [2.05, 4.69) is 16.1 Å². The molecule has 2 heterocycles. The molecule has 0 spiro atoms. The van der Waals surface area contributed by atoms with E-state index in [0.717, 1.165) is 22.6 Å². The topological polar surface area (TPSA) is 51.0 Å². The molecule has 0 unspecified atom stereocenters. The predicted molar refractivity (Wildman–Crippen MR) is 97.3 cm³/mol. The van der Waals surface area contributed by atoms with Gasteiger partial charge in [-0.15, -0.1) is 0 Å². The van der Waals surface area contributed by atoms with Gasteiger partial charge in [-0.3, -0.25) is 14.5 Å². The Morgan fingerprint density at radius 2 is 1.88 bits per heavy atom. The van der Waals surface area contributed by atoms with Gasteiger partial charge in [0.25, 0.3) is 5.91 Å². The van der Waals surface area contributed by atoms with Gasteiger partial charge in [-0.05, 0) is 49.7 Å². The highest BCUT2D eigenvalue weighted by atomic mass is 16.2. The van der Waals surface area contributed by atoms with Crippen molar-refractivity contribution in [3.8, 4) is 0 Å². The van der Waals surface area contributed by atoms with E-state index in [0.29, 0.717) is 18.7 Å². The molecule has 25 heavy (non-hydrogen) atoms. The second-order valence-corrected chi connectivity index (χ2v) is 6.26. The monoisotopic (exact) mass is 334 g/mol. The van der Waals surface area contributed by atoms with Crippen LogP contribution in [-0.2, 0) is 13.1 Å². The Morgan fingerprint density at radius 1 is 1.12 bits per heavy atom. The molecule has 0 atom stereocenters. The second kappa shape index (κ2) is 7.30. The molecule has 3 rings (SSSR count). The molecule has 0 aliphatic heterocycles. The summed E-state index contributed by atoms with van der Waals surface area (Å²) in [6.07, 6.45) is 1.74. The zero-order chi connectivity index (χ0) is 17.8. The summed E-state index contributed by atoms with van der Waals surface area (Å²) in [5.74, 6) is -0.0108. The summed E-state index contributed by atoms with van der Waals surface area (Å²) in [6, 6.07) is 15.5. The van der Waals surface area contributed by atoms with Crippen LogP contribution >= 0.6 is 0 Å². The minimum Gasteiger partial charge on any atom is -0.336 e. The number of benzene rings is 1. The molecule has 5 nitrogen and oxygen atoms in total. The highest BCUT2D eigenvalue weighted by Crippen LogP contribution is 2.11. The van der Waals surface area contributed by atoms with Gasteiger partial charge in [0, 0.05) is 24.5 Å². The average molecular weight is 334 g/mol. The van der Waals surface area contributed by atoms with E-state index in [9.17, 15) is 4.79 Å². The molecule has 0 N–H and O–H groups in total. The quantitative estimate of drug-likeness (QED) is 0.720. The first-order valence-corrected chi connectivity index (χ1v) is 8.28. The van der Waals surface area contributed by atoms with Gasteiger partial charge in [0.15, 0.2) is 0 Å².